The standard InChI is InChI=1S/C16H16N4O/c17-10-12-3-1-4-13(9-12)16(21)20-8-2-5-14(11-20)15-6-7-18-19-15/h1,3-4,6-7,9,14H,2,5,8,11H2,(H,18,19). The van der Waals surface area contributed by atoms with Gasteiger partial charge in [0.05, 0.1) is 11.6 Å². The van der Waals surface area contributed by atoms with Gasteiger partial charge >= 0.3 is 0 Å². The summed E-state index contributed by atoms with van der Waals surface area (Å²) in [4.78, 5) is 14.4. The average molecular weight is 280 g/mol. The van der Waals surface area contributed by atoms with Crippen molar-refractivity contribution in [2.75, 3.05) is 13.1 Å². The molecule has 1 amide bonds. The molecule has 2 aromatic rings. The first-order chi connectivity index (χ1) is 10.3. The lowest BCUT2D eigenvalue weighted by Crippen LogP contribution is -2.39. The zero-order chi connectivity index (χ0) is 14.7. The topological polar surface area (TPSA) is 72.8 Å². The summed E-state index contributed by atoms with van der Waals surface area (Å²) in [6.45, 7) is 1.46. The number of nitrogens with one attached hydrogen (secondary N) is 1. The molecule has 5 nitrogen and oxygen atoms in total. The largest absolute Gasteiger partial charge is 0.338 e. The summed E-state index contributed by atoms with van der Waals surface area (Å²) in [6, 6.07) is 10.9. The van der Waals surface area contributed by atoms with Gasteiger partial charge in [0.15, 0.2) is 0 Å². The van der Waals surface area contributed by atoms with Gasteiger partial charge in [-0.15, -0.1) is 0 Å². The molecule has 1 aliphatic heterocycles. The number of aromatic nitrogens is 2. The minimum absolute atomic E-state index is 0.00341. The monoisotopic (exact) mass is 280 g/mol. The number of amides is 1. The molecule has 0 radical (unpaired) electrons. The molecule has 1 aliphatic rings. The fraction of sp³-hybridized carbons (Fsp3) is 0.312. The number of nitrogens with zero attached hydrogens (tertiary/aromatic N) is 3. The molecule has 1 aromatic carbocycles. The molecule has 1 aromatic heterocycles. The molecule has 0 aliphatic carbocycles. The highest BCUT2D eigenvalue weighted by atomic mass is 16.2. The van der Waals surface area contributed by atoms with Gasteiger partial charge in [-0.3, -0.25) is 9.89 Å². The molecule has 1 unspecified atom stereocenters. The number of aromatic amines is 1. The number of benzene rings is 1. The maximum atomic E-state index is 12.6. The quantitative estimate of drug-likeness (QED) is 0.917. The minimum atomic E-state index is -0.00341. The van der Waals surface area contributed by atoms with Crippen LogP contribution in [0.2, 0.25) is 0 Å². The van der Waals surface area contributed by atoms with E-state index in [0.717, 1.165) is 25.1 Å². The Balaban J connectivity index is 1.76. The first kappa shape index (κ1) is 13.4. The van der Waals surface area contributed by atoms with Crippen molar-refractivity contribution in [3.63, 3.8) is 0 Å². The molecular weight excluding hydrogens is 264 g/mol. The van der Waals surface area contributed by atoms with Gasteiger partial charge in [-0.1, -0.05) is 6.07 Å². The predicted molar refractivity (Wildman–Crippen MR) is 77.6 cm³/mol. The van der Waals surface area contributed by atoms with Crippen LogP contribution >= 0.6 is 0 Å². The number of hydrogen-bond acceptors (Lipinski definition) is 3. The Morgan fingerprint density at radius 2 is 2.33 bits per heavy atom. The van der Waals surface area contributed by atoms with Gasteiger partial charge < -0.3 is 4.90 Å². The van der Waals surface area contributed by atoms with E-state index in [0.29, 0.717) is 23.6 Å². The molecule has 1 saturated heterocycles. The number of nitriles is 1. The van der Waals surface area contributed by atoms with Crippen molar-refractivity contribution in [2.24, 2.45) is 0 Å². The van der Waals surface area contributed by atoms with Gasteiger partial charge in [0.25, 0.3) is 5.91 Å². The summed E-state index contributed by atoms with van der Waals surface area (Å²) in [5.74, 6) is 0.306. The van der Waals surface area contributed by atoms with E-state index in [1.54, 1.807) is 30.5 Å². The van der Waals surface area contributed by atoms with Gasteiger partial charge in [-0.2, -0.15) is 10.4 Å². The number of carbonyl (C=O) groups is 1. The Morgan fingerprint density at radius 1 is 1.43 bits per heavy atom. The summed E-state index contributed by atoms with van der Waals surface area (Å²) < 4.78 is 0. The summed E-state index contributed by atoms with van der Waals surface area (Å²) in [6.07, 6.45) is 3.78. The Hall–Kier alpha value is -2.61. The Morgan fingerprint density at radius 3 is 3.10 bits per heavy atom. The molecular formula is C16H16N4O. The molecule has 3 rings (SSSR count). The lowest BCUT2D eigenvalue weighted by atomic mass is 9.94. The zero-order valence-electron chi connectivity index (χ0n) is 11.6. The molecule has 1 N–H and O–H groups in total. The molecule has 0 spiro atoms. The average Bonchev–Trinajstić information content (AvgIpc) is 3.09. The van der Waals surface area contributed by atoms with Crippen molar-refractivity contribution < 1.29 is 4.79 Å². The predicted octanol–water partition coefficient (Wildman–Crippen LogP) is 2.30. The molecule has 0 bridgehead atoms. The van der Waals surface area contributed by atoms with Crippen LogP contribution in [-0.2, 0) is 0 Å². The number of hydrogen-bond donors (Lipinski definition) is 1. The Kier molecular flexibility index (Phi) is 3.69. The number of rotatable bonds is 2. The van der Waals surface area contributed by atoms with Crippen molar-refractivity contribution in [2.45, 2.75) is 18.8 Å². The molecule has 21 heavy (non-hydrogen) atoms. The van der Waals surface area contributed by atoms with Gasteiger partial charge in [0.2, 0.25) is 0 Å². The zero-order valence-corrected chi connectivity index (χ0v) is 11.6. The van der Waals surface area contributed by atoms with E-state index in [1.807, 2.05) is 11.0 Å². The fourth-order valence-corrected chi connectivity index (χ4v) is 2.81. The summed E-state index contributed by atoms with van der Waals surface area (Å²) in [5, 5.41) is 15.9. The van der Waals surface area contributed by atoms with Gasteiger partial charge in [0.1, 0.15) is 0 Å². The van der Waals surface area contributed by atoms with Crippen LogP contribution in [0.5, 0.6) is 0 Å². The van der Waals surface area contributed by atoms with Gasteiger partial charge in [-0.25, -0.2) is 0 Å². The van der Waals surface area contributed by atoms with Crippen LogP contribution in [0.1, 0.15) is 40.4 Å². The molecule has 1 atom stereocenters. The molecule has 2 heterocycles. The highest BCUT2D eigenvalue weighted by Gasteiger charge is 2.26. The van der Waals surface area contributed by atoms with Crippen molar-refractivity contribution in [3.8, 4) is 6.07 Å². The Bertz CT molecular complexity index is 672. The third-order valence-electron chi connectivity index (χ3n) is 3.91. The number of H-pyrrole nitrogens is 1. The van der Waals surface area contributed by atoms with Gasteiger partial charge in [0, 0.05) is 36.5 Å². The molecule has 106 valence electrons. The van der Waals surface area contributed by atoms with E-state index in [1.165, 1.54) is 0 Å². The first-order valence-corrected chi connectivity index (χ1v) is 7.06. The lowest BCUT2D eigenvalue weighted by molar-refractivity contribution is 0.0706. The number of piperidine rings is 1. The highest BCUT2D eigenvalue weighted by molar-refractivity contribution is 5.94. The van der Waals surface area contributed by atoms with Crippen molar-refractivity contribution in [3.05, 3.63) is 53.3 Å². The van der Waals surface area contributed by atoms with E-state index in [-0.39, 0.29) is 5.91 Å². The van der Waals surface area contributed by atoms with Crippen LogP contribution in [0.25, 0.3) is 0 Å². The smallest absolute Gasteiger partial charge is 0.253 e. The molecule has 1 fully saturated rings. The second-order valence-corrected chi connectivity index (χ2v) is 5.29. The number of carbonyl (C=O) groups excluding carboxylic acids is 1. The number of likely N-dealkylation sites (tertiary alicyclic amines) is 1. The van der Waals surface area contributed by atoms with Crippen LogP contribution < -0.4 is 0 Å². The van der Waals surface area contributed by atoms with E-state index in [2.05, 4.69) is 16.3 Å². The van der Waals surface area contributed by atoms with Crippen LogP contribution in [0, 0.1) is 11.3 Å². The SMILES string of the molecule is N#Cc1cccc(C(=O)N2CCCC(c3ccn[nH]3)C2)c1. The van der Waals surface area contributed by atoms with Crippen LogP contribution in [-0.4, -0.2) is 34.1 Å². The molecule has 5 heteroatoms. The van der Waals surface area contributed by atoms with E-state index in [4.69, 9.17) is 5.26 Å². The first-order valence-electron chi connectivity index (χ1n) is 7.06. The normalized spacial score (nSPS) is 18.2. The van der Waals surface area contributed by atoms with Crippen molar-refractivity contribution >= 4 is 5.91 Å². The Labute approximate surface area is 123 Å². The van der Waals surface area contributed by atoms with Crippen LogP contribution in [0.4, 0.5) is 0 Å². The molecule has 0 saturated carbocycles. The third-order valence-corrected chi connectivity index (χ3v) is 3.91. The van der Waals surface area contributed by atoms with Crippen LogP contribution in [0.15, 0.2) is 36.5 Å². The van der Waals surface area contributed by atoms with E-state index in [9.17, 15) is 4.79 Å². The third kappa shape index (κ3) is 2.79. The van der Waals surface area contributed by atoms with Crippen molar-refractivity contribution in [1.29, 1.82) is 5.26 Å². The van der Waals surface area contributed by atoms with Crippen molar-refractivity contribution in [1.82, 2.24) is 15.1 Å². The fourth-order valence-electron chi connectivity index (χ4n) is 2.81. The highest BCUT2D eigenvalue weighted by Crippen LogP contribution is 2.26. The second kappa shape index (κ2) is 5.80. The summed E-state index contributed by atoms with van der Waals surface area (Å²) >= 11 is 0. The second-order valence-electron chi connectivity index (χ2n) is 5.29. The maximum Gasteiger partial charge on any atom is 0.253 e. The summed E-state index contributed by atoms with van der Waals surface area (Å²) in [7, 11) is 0. The minimum Gasteiger partial charge on any atom is -0.338 e. The van der Waals surface area contributed by atoms with E-state index < -0.39 is 0 Å². The van der Waals surface area contributed by atoms with E-state index >= 15 is 0 Å². The van der Waals surface area contributed by atoms with Crippen LogP contribution in [0.3, 0.4) is 0 Å². The lowest BCUT2D eigenvalue weighted by Gasteiger charge is -2.32. The van der Waals surface area contributed by atoms with Gasteiger partial charge in [-0.05, 0) is 37.1 Å². The maximum absolute atomic E-state index is 12.6. The summed E-state index contributed by atoms with van der Waals surface area (Å²) in [5.41, 5.74) is 2.18.